The molecule has 110 valence electrons. The molecule has 0 aliphatic heterocycles. The van der Waals surface area contributed by atoms with Crippen molar-refractivity contribution in [2.45, 2.75) is 13.8 Å². The van der Waals surface area contributed by atoms with Crippen LogP contribution in [0, 0.1) is 13.8 Å². The van der Waals surface area contributed by atoms with E-state index in [9.17, 15) is 4.79 Å². The Morgan fingerprint density at radius 3 is 2.48 bits per heavy atom. The Labute approximate surface area is 128 Å². The zero-order chi connectivity index (χ0) is 15.6. The van der Waals surface area contributed by atoms with Gasteiger partial charge in [0.05, 0.1) is 12.7 Å². The van der Waals surface area contributed by atoms with Gasteiger partial charge < -0.3 is 15.8 Å². The number of benzene rings is 2. The average molecular weight is 305 g/mol. The molecule has 3 N–H and O–H groups in total. The summed E-state index contributed by atoms with van der Waals surface area (Å²) in [7, 11) is 1.33. The van der Waals surface area contributed by atoms with E-state index in [4.69, 9.17) is 22.1 Å². The molecule has 2 aromatic rings. The summed E-state index contributed by atoms with van der Waals surface area (Å²) < 4.78 is 4.74. The molecule has 0 fully saturated rings. The Morgan fingerprint density at radius 2 is 1.86 bits per heavy atom. The van der Waals surface area contributed by atoms with Crippen molar-refractivity contribution in [1.82, 2.24) is 0 Å². The van der Waals surface area contributed by atoms with Gasteiger partial charge in [0.15, 0.2) is 0 Å². The molecular formula is C16H17ClN2O2. The van der Waals surface area contributed by atoms with Crippen LogP contribution >= 0.6 is 11.6 Å². The molecule has 4 nitrogen and oxygen atoms in total. The lowest BCUT2D eigenvalue weighted by molar-refractivity contribution is 0.0602. The molecule has 0 unspecified atom stereocenters. The van der Waals surface area contributed by atoms with Gasteiger partial charge in [-0.1, -0.05) is 17.7 Å². The molecule has 2 rings (SSSR count). The van der Waals surface area contributed by atoms with Crippen molar-refractivity contribution in [2.24, 2.45) is 0 Å². The molecule has 0 aliphatic rings. The third-order valence-electron chi connectivity index (χ3n) is 3.25. The van der Waals surface area contributed by atoms with E-state index in [2.05, 4.69) is 5.32 Å². The maximum absolute atomic E-state index is 11.7. The number of nitrogens with two attached hydrogens (primary N) is 1. The first-order chi connectivity index (χ1) is 9.92. The zero-order valence-electron chi connectivity index (χ0n) is 12.2. The molecule has 0 amide bonds. The Hall–Kier alpha value is -2.20. The maximum atomic E-state index is 11.7. The van der Waals surface area contributed by atoms with E-state index >= 15 is 0 Å². The van der Waals surface area contributed by atoms with E-state index in [-0.39, 0.29) is 0 Å². The number of anilines is 3. The highest BCUT2D eigenvalue weighted by Gasteiger charge is 2.13. The first kappa shape index (κ1) is 15.2. The van der Waals surface area contributed by atoms with Gasteiger partial charge in [-0.3, -0.25) is 0 Å². The first-order valence-corrected chi connectivity index (χ1v) is 6.81. The van der Waals surface area contributed by atoms with Gasteiger partial charge in [0.1, 0.15) is 0 Å². The summed E-state index contributed by atoms with van der Waals surface area (Å²) in [5.41, 5.74) is 10.1. The molecule has 0 radical (unpaired) electrons. The van der Waals surface area contributed by atoms with Crippen LogP contribution in [0.2, 0.25) is 5.02 Å². The van der Waals surface area contributed by atoms with Gasteiger partial charge in [-0.2, -0.15) is 0 Å². The summed E-state index contributed by atoms with van der Waals surface area (Å²) in [6.45, 7) is 3.78. The number of carbonyl (C=O) groups excluding carboxylic acids is 1. The number of halogens is 1. The highest BCUT2D eigenvalue weighted by Crippen LogP contribution is 2.27. The maximum Gasteiger partial charge on any atom is 0.340 e. The molecule has 0 aromatic heterocycles. The molecule has 0 heterocycles. The van der Waals surface area contributed by atoms with Gasteiger partial charge in [0, 0.05) is 22.1 Å². The highest BCUT2D eigenvalue weighted by atomic mass is 35.5. The van der Waals surface area contributed by atoms with Crippen LogP contribution in [0.25, 0.3) is 0 Å². The quantitative estimate of drug-likeness (QED) is 0.663. The second kappa shape index (κ2) is 6.06. The summed E-state index contributed by atoms with van der Waals surface area (Å²) in [4.78, 5) is 11.7. The van der Waals surface area contributed by atoms with Gasteiger partial charge in [0.2, 0.25) is 0 Å². The predicted octanol–water partition coefficient (Wildman–Crippen LogP) is 4.07. The van der Waals surface area contributed by atoms with Crippen molar-refractivity contribution < 1.29 is 9.53 Å². The van der Waals surface area contributed by atoms with Crippen LogP contribution in [0.5, 0.6) is 0 Å². The second-order valence-electron chi connectivity index (χ2n) is 4.83. The Kier molecular flexibility index (Phi) is 4.38. The number of hydrogen-bond acceptors (Lipinski definition) is 4. The Morgan fingerprint density at radius 1 is 1.14 bits per heavy atom. The van der Waals surface area contributed by atoms with Crippen LogP contribution in [-0.2, 0) is 4.74 Å². The summed E-state index contributed by atoms with van der Waals surface area (Å²) in [6.07, 6.45) is 0. The molecule has 2 aromatic carbocycles. The van der Waals surface area contributed by atoms with Crippen LogP contribution in [0.4, 0.5) is 17.1 Å². The summed E-state index contributed by atoms with van der Waals surface area (Å²) in [6, 6.07) is 9.22. The largest absolute Gasteiger partial charge is 0.465 e. The SMILES string of the molecule is COC(=O)c1cc(Nc2ccc(C)c(Cl)c2)cc(C)c1N. The average Bonchev–Trinajstić information content (AvgIpc) is 2.45. The van der Waals surface area contributed by atoms with Crippen molar-refractivity contribution in [3.8, 4) is 0 Å². The Bertz CT molecular complexity index is 699. The van der Waals surface area contributed by atoms with Gasteiger partial charge >= 0.3 is 5.97 Å². The zero-order valence-corrected chi connectivity index (χ0v) is 12.9. The smallest absolute Gasteiger partial charge is 0.340 e. The monoisotopic (exact) mass is 304 g/mol. The number of nitrogens with one attached hydrogen (secondary N) is 1. The van der Waals surface area contributed by atoms with Gasteiger partial charge in [-0.25, -0.2) is 4.79 Å². The number of ether oxygens (including phenoxy) is 1. The van der Waals surface area contributed by atoms with Crippen LogP contribution < -0.4 is 11.1 Å². The molecule has 0 saturated carbocycles. The number of hydrogen-bond donors (Lipinski definition) is 2. The van der Waals surface area contributed by atoms with E-state index in [0.717, 1.165) is 22.5 Å². The molecule has 5 heteroatoms. The van der Waals surface area contributed by atoms with Crippen molar-refractivity contribution >= 4 is 34.6 Å². The molecule has 0 aliphatic carbocycles. The highest BCUT2D eigenvalue weighted by molar-refractivity contribution is 6.31. The standard InChI is InChI=1S/C16H17ClN2O2/c1-9-4-5-11(8-14(9)17)19-12-6-10(2)15(18)13(7-12)16(20)21-3/h4-8,19H,18H2,1-3H3. The minimum absolute atomic E-state index is 0.346. The number of methoxy groups -OCH3 is 1. The number of aryl methyl sites for hydroxylation is 2. The number of rotatable bonds is 3. The summed E-state index contributed by atoms with van der Waals surface area (Å²) in [5, 5.41) is 3.89. The first-order valence-electron chi connectivity index (χ1n) is 6.44. The fourth-order valence-electron chi connectivity index (χ4n) is 1.99. The van der Waals surface area contributed by atoms with E-state index < -0.39 is 5.97 Å². The van der Waals surface area contributed by atoms with Crippen LogP contribution in [0.15, 0.2) is 30.3 Å². The normalized spacial score (nSPS) is 10.3. The summed E-state index contributed by atoms with van der Waals surface area (Å²) >= 11 is 6.11. The van der Waals surface area contributed by atoms with Gasteiger partial charge in [-0.15, -0.1) is 0 Å². The van der Waals surface area contributed by atoms with Crippen LogP contribution in [0.1, 0.15) is 21.5 Å². The summed E-state index contributed by atoms with van der Waals surface area (Å²) in [5.74, 6) is -0.457. The lowest BCUT2D eigenvalue weighted by atomic mass is 10.1. The topological polar surface area (TPSA) is 64.3 Å². The van der Waals surface area contributed by atoms with Crippen molar-refractivity contribution in [1.29, 1.82) is 0 Å². The van der Waals surface area contributed by atoms with E-state index in [1.54, 1.807) is 6.07 Å². The van der Waals surface area contributed by atoms with Crippen LogP contribution in [-0.4, -0.2) is 13.1 Å². The van der Waals surface area contributed by atoms with E-state index in [1.807, 2.05) is 38.1 Å². The number of carbonyl (C=O) groups is 1. The van der Waals surface area contributed by atoms with Crippen LogP contribution in [0.3, 0.4) is 0 Å². The van der Waals surface area contributed by atoms with Crippen molar-refractivity contribution in [3.05, 3.63) is 52.0 Å². The molecule has 0 spiro atoms. The molecule has 0 saturated heterocycles. The number of esters is 1. The van der Waals surface area contributed by atoms with Gasteiger partial charge in [-0.05, 0) is 49.2 Å². The fourth-order valence-corrected chi connectivity index (χ4v) is 2.17. The minimum Gasteiger partial charge on any atom is -0.465 e. The van der Waals surface area contributed by atoms with E-state index in [0.29, 0.717) is 16.3 Å². The molecular weight excluding hydrogens is 288 g/mol. The third-order valence-corrected chi connectivity index (χ3v) is 3.66. The molecule has 21 heavy (non-hydrogen) atoms. The second-order valence-corrected chi connectivity index (χ2v) is 5.24. The van der Waals surface area contributed by atoms with Crippen molar-refractivity contribution in [2.75, 3.05) is 18.2 Å². The third kappa shape index (κ3) is 3.28. The van der Waals surface area contributed by atoms with Crippen molar-refractivity contribution in [3.63, 3.8) is 0 Å². The lowest BCUT2D eigenvalue weighted by Gasteiger charge is -2.13. The lowest BCUT2D eigenvalue weighted by Crippen LogP contribution is -2.08. The van der Waals surface area contributed by atoms with E-state index in [1.165, 1.54) is 7.11 Å². The van der Waals surface area contributed by atoms with Gasteiger partial charge in [0.25, 0.3) is 0 Å². The predicted molar refractivity (Wildman–Crippen MR) is 86.4 cm³/mol. The molecule has 0 bridgehead atoms. The molecule has 0 atom stereocenters. The Balaban J connectivity index is 2.38. The number of nitrogen functional groups attached to an aromatic ring is 1. The fraction of sp³-hybridized carbons (Fsp3) is 0.188. The minimum atomic E-state index is -0.457.